The number of benzene rings is 1. The molecule has 104 valence electrons. The second-order valence-electron chi connectivity index (χ2n) is 5.14. The third-order valence-corrected chi connectivity index (χ3v) is 3.67. The Morgan fingerprint density at radius 2 is 1.95 bits per heavy atom. The number of ether oxygens (including phenoxy) is 1. The summed E-state index contributed by atoms with van der Waals surface area (Å²) in [6.45, 7) is 0.446. The van der Waals surface area contributed by atoms with E-state index < -0.39 is 5.97 Å². The zero-order valence-corrected chi connectivity index (χ0v) is 11.0. The molecule has 19 heavy (non-hydrogen) atoms. The molecule has 4 nitrogen and oxygen atoms in total. The first-order valence-electron chi connectivity index (χ1n) is 6.82. The van der Waals surface area contributed by atoms with Crippen LogP contribution in [0, 0.1) is 0 Å². The van der Waals surface area contributed by atoms with Gasteiger partial charge in [-0.15, -0.1) is 0 Å². The molecule has 0 aliphatic heterocycles. The van der Waals surface area contributed by atoms with Gasteiger partial charge in [-0.2, -0.15) is 0 Å². The normalized spacial score (nSPS) is 23.2. The van der Waals surface area contributed by atoms with Gasteiger partial charge in [0.1, 0.15) is 0 Å². The van der Waals surface area contributed by atoms with Crippen LogP contribution in [-0.4, -0.2) is 23.2 Å². The highest BCUT2D eigenvalue weighted by Gasteiger charge is 2.22. The van der Waals surface area contributed by atoms with Gasteiger partial charge in [-0.05, 0) is 24.0 Å². The number of carboxylic acid groups (broad SMARTS) is 1. The molecule has 0 saturated heterocycles. The molecule has 0 radical (unpaired) electrons. The molecule has 0 amide bonds. The quantitative estimate of drug-likeness (QED) is 0.853. The van der Waals surface area contributed by atoms with Gasteiger partial charge in [0.05, 0.1) is 19.1 Å². The summed E-state index contributed by atoms with van der Waals surface area (Å²) in [6.07, 6.45) is 4.50. The summed E-state index contributed by atoms with van der Waals surface area (Å²) in [5.41, 5.74) is 7.81. The van der Waals surface area contributed by atoms with E-state index >= 15 is 0 Å². The third kappa shape index (κ3) is 4.04. The van der Waals surface area contributed by atoms with Gasteiger partial charge in [-0.3, -0.25) is 4.79 Å². The fourth-order valence-electron chi connectivity index (χ4n) is 2.56. The molecule has 0 heterocycles. The molecule has 1 saturated carbocycles. The van der Waals surface area contributed by atoms with Gasteiger partial charge in [-0.1, -0.05) is 37.1 Å². The van der Waals surface area contributed by atoms with Gasteiger partial charge < -0.3 is 15.6 Å². The Morgan fingerprint density at radius 1 is 1.26 bits per heavy atom. The highest BCUT2D eigenvalue weighted by molar-refractivity contribution is 5.70. The minimum Gasteiger partial charge on any atom is -0.481 e. The first kappa shape index (κ1) is 14.0. The maximum atomic E-state index is 10.8. The van der Waals surface area contributed by atoms with Crippen molar-refractivity contribution in [2.75, 3.05) is 0 Å². The van der Waals surface area contributed by atoms with Gasteiger partial charge in [0.2, 0.25) is 0 Å². The summed E-state index contributed by atoms with van der Waals surface area (Å²) in [5, 5.41) is 8.89. The van der Waals surface area contributed by atoms with Crippen LogP contribution in [0.3, 0.4) is 0 Å². The van der Waals surface area contributed by atoms with E-state index in [0.717, 1.165) is 30.4 Å². The first-order chi connectivity index (χ1) is 9.16. The van der Waals surface area contributed by atoms with Gasteiger partial charge in [0, 0.05) is 6.04 Å². The number of hydrogen-bond acceptors (Lipinski definition) is 3. The van der Waals surface area contributed by atoms with Crippen LogP contribution >= 0.6 is 0 Å². The molecular formula is C15H21NO3. The Balaban J connectivity index is 1.96. The predicted octanol–water partition coefficient (Wildman–Crippen LogP) is 2.10. The standard InChI is InChI=1S/C15H21NO3/c16-13-7-3-4-8-14(13)19-10-12-6-2-1-5-11(12)9-15(17)18/h1-2,5-6,13-14H,3-4,7-10,16H2,(H,17,18). The van der Waals surface area contributed by atoms with Gasteiger partial charge in [0.25, 0.3) is 0 Å². The molecule has 0 aromatic heterocycles. The Hall–Kier alpha value is -1.39. The van der Waals surface area contributed by atoms with Crippen molar-refractivity contribution in [2.24, 2.45) is 5.73 Å². The summed E-state index contributed by atoms with van der Waals surface area (Å²) < 4.78 is 5.89. The van der Waals surface area contributed by atoms with Gasteiger partial charge in [0.15, 0.2) is 0 Å². The summed E-state index contributed by atoms with van der Waals surface area (Å²) in [7, 11) is 0. The van der Waals surface area contributed by atoms with Crippen molar-refractivity contribution >= 4 is 5.97 Å². The van der Waals surface area contributed by atoms with E-state index in [1.165, 1.54) is 6.42 Å². The summed E-state index contributed by atoms with van der Waals surface area (Å²) in [5.74, 6) is -0.818. The monoisotopic (exact) mass is 263 g/mol. The number of aliphatic carboxylic acids is 1. The van der Waals surface area contributed by atoms with Crippen LogP contribution in [0.2, 0.25) is 0 Å². The smallest absolute Gasteiger partial charge is 0.307 e. The van der Waals surface area contributed by atoms with Gasteiger partial charge >= 0.3 is 5.97 Å². The molecule has 2 atom stereocenters. The lowest BCUT2D eigenvalue weighted by Crippen LogP contribution is -2.39. The van der Waals surface area contributed by atoms with Gasteiger partial charge in [-0.25, -0.2) is 0 Å². The fourth-order valence-corrected chi connectivity index (χ4v) is 2.56. The zero-order chi connectivity index (χ0) is 13.7. The van der Waals surface area contributed by atoms with E-state index in [2.05, 4.69) is 0 Å². The number of rotatable bonds is 5. The van der Waals surface area contributed by atoms with E-state index in [1.54, 1.807) is 0 Å². The fraction of sp³-hybridized carbons (Fsp3) is 0.533. The molecule has 1 fully saturated rings. The van der Waals surface area contributed by atoms with Crippen molar-refractivity contribution in [3.8, 4) is 0 Å². The average Bonchev–Trinajstić information content (AvgIpc) is 2.39. The minimum absolute atomic E-state index is 0.0379. The second kappa shape index (κ2) is 6.68. The Bertz CT molecular complexity index is 433. The number of nitrogens with two attached hydrogens (primary N) is 1. The molecule has 0 bridgehead atoms. The van der Waals surface area contributed by atoms with E-state index in [0.29, 0.717) is 6.61 Å². The molecule has 2 unspecified atom stereocenters. The molecule has 0 spiro atoms. The van der Waals surface area contributed by atoms with Crippen molar-refractivity contribution in [3.05, 3.63) is 35.4 Å². The molecule has 2 rings (SSSR count). The topological polar surface area (TPSA) is 72.5 Å². The van der Waals surface area contributed by atoms with Crippen molar-refractivity contribution in [3.63, 3.8) is 0 Å². The van der Waals surface area contributed by atoms with Crippen LogP contribution in [0.4, 0.5) is 0 Å². The van der Waals surface area contributed by atoms with E-state index in [9.17, 15) is 4.79 Å². The predicted molar refractivity (Wildman–Crippen MR) is 72.8 cm³/mol. The average molecular weight is 263 g/mol. The maximum Gasteiger partial charge on any atom is 0.307 e. The largest absolute Gasteiger partial charge is 0.481 e. The van der Waals surface area contributed by atoms with Crippen LogP contribution in [0.25, 0.3) is 0 Å². The lowest BCUT2D eigenvalue weighted by Gasteiger charge is -2.28. The Morgan fingerprint density at radius 3 is 2.63 bits per heavy atom. The minimum atomic E-state index is -0.818. The lowest BCUT2D eigenvalue weighted by molar-refractivity contribution is -0.136. The zero-order valence-electron chi connectivity index (χ0n) is 11.0. The molecular weight excluding hydrogens is 242 g/mol. The van der Waals surface area contributed by atoms with Crippen molar-refractivity contribution in [2.45, 2.75) is 50.9 Å². The SMILES string of the molecule is NC1CCCCC1OCc1ccccc1CC(=O)O. The summed E-state index contributed by atoms with van der Waals surface area (Å²) in [4.78, 5) is 10.8. The van der Waals surface area contributed by atoms with Crippen molar-refractivity contribution < 1.29 is 14.6 Å². The van der Waals surface area contributed by atoms with Crippen molar-refractivity contribution in [1.82, 2.24) is 0 Å². The van der Waals surface area contributed by atoms with Crippen LogP contribution in [-0.2, 0) is 22.6 Å². The number of carboxylic acids is 1. The summed E-state index contributed by atoms with van der Waals surface area (Å²) in [6, 6.07) is 7.64. The Labute approximate surface area is 113 Å². The molecule has 4 heteroatoms. The van der Waals surface area contributed by atoms with Crippen LogP contribution < -0.4 is 5.73 Å². The Kier molecular flexibility index (Phi) is 4.93. The molecule has 1 aliphatic carbocycles. The van der Waals surface area contributed by atoms with Crippen LogP contribution in [0.15, 0.2) is 24.3 Å². The lowest BCUT2D eigenvalue weighted by atomic mass is 9.93. The maximum absolute atomic E-state index is 10.8. The molecule has 1 aromatic carbocycles. The second-order valence-corrected chi connectivity index (χ2v) is 5.14. The van der Waals surface area contributed by atoms with Crippen LogP contribution in [0.5, 0.6) is 0 Å². The molecule has 3 N–H and O–H groups in total. The highest BCUT2D eigenvalue weighted by Crippen LogP contribution is 2.21. The molecule has 1 aromatic rings. The number of hydrogen-bond donors (Lipinski definition) is 2. The van der Waals surface area contributed by atoms with Crippen LogP contribution in [0.1, 0.15) is 36.8 Å². The van der Waals surface area contributed by atoms with E-state index in [-0.39, 0.29) is 18.6 Å². The molecule has 1 aliphatic rings. The van der Waals surface area contributed by atoms with E-state index in [1.807, 2.05) is 24.3 Å². The first-order valence-corrected chi connectivity index (χ1v) is 6.82. The summed E-state index contributed by atoms with van der Waals surface area (Å²) >= 11 is 0. The van der Waals surface area contributed by atoms with E-state index in [4.69, 9.17) is 15.6 Å². The third-order valence-electron chi connectivity index (χ3n) is 3.67. The number of carbonyl (C=O) groups is 1. The highest BCUT2D eigenvalue weighted by atomic mass is 16.5. The van der Waals surface area contributed by atoms with Crippen molar-refractivity contribution in [1.29, 1.82) is 0 Å².